The van der Waals surface area contributed by atoms with Crippen LogP contribution in [0.25, 0.3) is 0 Å². The second-order valence-electron chi connectivity index (χ2n) is 2.80. The van der Waals surface area contributed by atoms with Crippen molar-refractivity contribution in [3.63, 3.8) is 0 Å². The van der Waals surface area contributed by atoms with Crippen molar-refractivity contribution in [2.45, 2.75) is 13.0 Å². The lowest BCUT2D eigenvalue weighted by Gasteiger charge is -2.18. The lowest BCUT2D eigenvalue weighted by atomic mass is 10.1. The number of rotatable bonds is 2. The summed E-state index contributed by atoms with van der Waals surface area (Å²) in [5.74, 6) is 0. The van der Waals surface area contributed by atoms with Gasteiger partial charge in [-0.1, -0.05) is 30.3 Å². The molecule has 1 unspecified atom stereocenters. The molecule has 0 heterocycles. The normalized spacial score (nSPS) is 11.8. The van der Waals surface area contributed by atoms with Crippen molar-refractivity contribution in [1.29, 1.82) is 5.26 Å². The molecule has 0 saturated heterocycles. The molecule has 62 valence electrons. The second kappa shape index (κ2) is 3.77. The van der Waals surface area contributed by atoms with Gasteiger partial charge in [-0.25, -0.2) is 0 Å². The van der Waals surface area contributed by atoms with Gasteiger partial charge in [0.25, 0.3) is 0 Å². The first kappa shape index (κ1) is 8.61. The van der Waals surface area contributed by atoms with Gasteiger partial charge in [-0.15, -0.1) is 0 Å². The molecule has 0 N–H and O–H groups in total. The van der Waals surface area contributed by atoms with E-state index in [1.807, 2.05) is 37.3 Å². The summed E-state index contributed by atoms with van der Waals surface area (Å²) in [6, 6.07) is 10.2. The Morgan fingerprint density at radius 3 is 2.42 bits per heavy atom. The molecule has 0 aliphatic carbocycles. The van der Waals surface area contributed by atoms with E-state index in [0.29, 0.717) is 0 Å². The molecular formula is C10H12N2. The predicted molar refractivity (Wildman–Crippen MR) is 48.2 cm³/mol. The Morgan fingerprint density at radius 2 is 1.92 bits per heavy atom. The lowest BCUT2D eigenvalue weighted by molar-refractivity contribution is 0.377. The fraction of sp³-hybridized carbons (Fsp3) is 0.300. The molecule has 0 spiro atoms. The second-order valence-corrected chi connectivity index (χ2v) is 2.80. The molecule has 0 amide bonds. The van der Waals surface area contributed by atoms with Crippen LogP contribution in [-0.4, -0.2) is 11.9 Å². The van der Waals surface area contributed by atoms with Crippen LogP contribution in [-0.2, 0) is 0 Å². The van der Waals surface area contributed by atoms with E-state index in [-0.39, 0.29) is 6.04 Å². The third-order valence-electron chi connectivity index (χ3n) is 2.02. The van der Waals surface area contributed by atoms with E-state index < -0.39 is 0 Å². The molecule has 0 aliphatic rings. The number of nitriles is 1. The average molecular weight is 160 g/mol. The van der Waals surface area contributed by atoms with Crippen LogP contribution in [0, 0.1) is 11.5 Å². The van der Waals surface area contributed by atoms with E-state index in [0.717, 1.165) is 0 Å². The summed E-state index contributed by atoms with van der Waals surface area (Å²) in [5.41, 5.74) is 1.17. The molecule has 2 nitrogen and oxygen atoms in total. The van der Waals surface area contributed by atoms with Crippen LogP contribution in [0.4, 0.5) is 0 Å². The van der Waals surface area contributed by atoms with Gasteiger partial charge in [0.1, 0.15) is 0 Å². The maximum absolute atomic E-state index is 8.64. The van der Waals surface area contributed by atoms with Crippen molar-refractivity contribution < 1.29 is 0 Å². The zero-order valence-corrected chi connectivity index (χ0v) is 7.36. The van der Waals surface area contributed by atoms with Gasteiger partial charge in [0, 0.05) is 7.05 Å². The zero-order valence-electron chi connectivity index (χ0n) is 7.36. The standard InChI is InChI=1S/C10H12N2/c1-9(12(2)8-11)10-6-4-3-5-7-10/h3-7,9H,1-2H3. The quantitative estimate of drug-likeness (QED) is 0.489. The smallest absolute Gasteiger partial charge is 0.179 e. The Hall–Kier alpha value is -1.49. The van der Waals surface area contributed by atoms with Gasteiger partial charge in [0.15, 0.2) is 6.19 Å². The molecule has 1 atom stereocenters. The van der Waals surface area contributed by atoms with Crippen LogP contribution in [0.3, 0.4) is 0 Å². The first-order chi connectivity index (χ1) is 5.75. The van der Waals surface area contributed by atoms with Gasteiger partial charge in [-0.2, -0.15) is 5.26 Å². The third kappa shape index (κ3) is 1.76. The summed E-state index contributed by atoms with van der Waals surface area (Å²) in [6.07, 6.45) is 2.10. The Balaban J connectivity index is 2.80. The molecule has 0 fully saturated rings. The molecule has 0 aromatic heterocycles. The van der Waals surface area contributed by atoms with E-state index in [4.69, 9.17) is 5.26 Å². The first-order valence-corrected chi connectivity index (χ1v) is 3.93. The van der Waals surface area contributed by atoms with Crippen molar-refractivity contribution in [3.05, 3.63) is 35.9 Å². The van der Waals surface area contributed by atoms with Gasteiger partial charge < -0.3 is 4.90 Å². The number of benzene rings is 1. The minimum atomic E-state index is 0.163. The van der Waals surface area contributed by atoms with Crippen LogP contribution in [0.1, 0.15) is 18.5 Å². The van der Waals surface area contributed by atoms with Gasteiger partial charge in [0.05, 0.1) is 6.04 Å². The van der Waals surface area contributed by atoms with E-state index in [1.165, 1.54) is 5.56 Å². The summed E-state index contributed by atoms with van der Waals surface area (Å²) < 4.78 is 0. The summed E-state index contributed by atoms with van der Waals surface area (Å²) in [7, 11) is 1.79. The fourth-order valence-corrected chi connectivity index (χ4v) is 1.04. The number of hydrogen-bond donors (Lipinski definition) is 0. The SMILES string of the molecule is CC(c1ccccc1)N(C)C#N. The van der Waals surface area contributed by atoms with Gasteiger partial charge in [-0.05, 0) is 12.5 Å². The minimum Gasteiger partial charge on any atom is -0.307 e. The molecule has 1 rings (SSSR count). The largest absolute Gasteiger partial charge is 0.307 e. The maximum atomic E-state index is 8.64. The third-order valence-corrected chi connectivity index (χ3v) is 2.02. The molecule has 1 aromatic rings. The molecule has 0 aliphatic heterocycles. The highest BCUT2D eigenvalue weighted by Gasteiger charge is 2.07. The number of nitrogens with zero attached hydrogens (tertiary/aromatic N) is 2. The monoisotopic (exact) mass is 160 g/mol. The summed E-state index contributed by atoms with van der Waals surface area (Å²) in [5, 5.41) is 8.64. The zero-order chi connectivity index (χ0) is 8.97. The Kier molecular flexibility index (Phi) is 2.71. The van der Waals surface area contributed by atoms with Crippen LogP contribution in [0.15, 0.2) is 30.3 Å². The van der Waals surface area contributed by atoms with E-state index in [2.05, 4.69) is 6.19 Å². The average Bonchev–Trinajstić information content (AvgIpc) is 2.17. The molecule has 0 saturated carbocycles. The molecule has 2 heteroatoms. The van der Waals surface area contributed by atoms with Gasteiger partial charge in [-0.3, -0.25) is 0 Å². The van der Waals surface area contributed by atoms with Crippen molar-refractivity contribution in [3.8, 4) is 6.19 Å². The van der Waals surface area contributed by atoms with E-state index in [1.54, 1.807) is 11.9 Å². The van der Waals surface area contributed by atoms with Gasteiger partial charge >= 0.3 is 0 Å². The highest BCUT2D eigenvalue weighted by Crippen LogP contribution is 2.16. The number of hydrogen-bond acceptors (Lipinski definition) is 2. The molecule has 0 radical (unpaired) electrons. The Labute approximate surface area is 73.0 Å². The topological polar surface area (TPSA) is 27.0 Å². The van der Waals surface area contributed by atoms with E-state index >= 15 is 0 Å². The highest BCUT2D eigenvalue weighted by molar-refractivity contribution is 5.18. The van der Waals surface area contributed by atoms with Crippen LogP contribution >= 0.6 is 0 Å². The summed E-state index contributed by atoms with van der Waals surface area (Å²) in [4.78, 5) is 1.63. The molecule has 1 aromatic carbocycles. The van der Waals surface area contributed by atoms with E-state index in [9.17, 15) is 0 Å². The maximum Gasteiger partial charge on any atom is 0.179 e. The van der Waals surface area contributed by atoms with Crippen molar-refractivity contribution >= 4 is 0 Å². The molecule has 0 bridgehead atoms. The van der Waals surface area contributed by atoms with Crippen LogP contribution in [0.5, 0.6) is 0 Å². The predicted octanol–water partition coefficient (Wildman–Crippen LogP) is 2.16. The molecular weight excluding hydrogens is 148 g/mol. The summed E-state index contributed by atoms with van der Waals surface area (Å²) >= 11 is 0. The fourth-order valence-electron chi connectivity index (χ4n) is 1.04. The Bertz CT molecular complexity index is 274. The van der Waals surface area contributed by atoms with Crippen molar-refractivity contribution in [1.82, 2.24) is 4.90 Å². The minimum absolute atomic E-state index is 0.163. The van der Waals surface area contributed by atoms with Crippen molar-refractivity contribution in [2.75, 3.05) is 7.05 Å². The lowest BCUT2D eigenvalue weighted by Crippen LogP contribution is -2.15. The first-order valence-electron chi connectivity index (χ1n) is 3.93. The highest BCUT2D eigenvalue weighted by atomic mass is 15.1. The van der Waals surface area contributed by atoms with Crippen LogP contribution < -0.4 is 0 Å². The Morgan fingerprint density at radius 1 is 1.33 bits per heavy atom. The van der Waals surface area contributed by atoms with Crippen molar-refractivity contribution in [2.24, 2.45) is 0 Å². The van der Waals surface area contributed by atoms with Gasteiger partial charge in [0.2, 0.25) is 0 Å². The summed E-state index contributed by atoms with van der Waals surface area (Å²) in [6.45, 7) is 2.01. The molecule has 12 heavy (non-hydrogen) atoms. The van der Waals surface area contributed by atoms with Crippen LogP contribution in [0.2, 0.25) is 0 Å².